The van der Waals surface area contributed by atoms with Gasteiger partial charge in [0, 0.05) is 25.8 Å². The Kier molecular flexibility index (Phi) is 5.42. The lowest BCUT2D eigenvalue weighted by Crippen LogP contribution is -2.26. The molecule has 3 aromatic rings. The van der Waals surface area contributed by atoms with Crippen LogP contribution in [0.1, 0.15) is 30.4 Å². The van der Waals surface area contributed by atoms with Gasteiger partial charge < -0.3 is 20.1 Å². The fraction of sp³-hybridized carbons (Fsp3) is 0.478. The summed E-state index contributed by atoms with van der Waals surface area (Å²) in [4.78, 5) is 23.0. The minimum absolute atomic E-state index is 0.0692. The quantitative estimate of drug-likeness (QED) is 0.607. The summed E-state index contributed by atoms with van der Waals surface area (Å²) in [6.07, 6.45) is 7.05. The molecule has 32 heavy (non-hydrogen) atoms. The first kappa shape index (κ1) is 20.7. The summed E-state index contributed by atoms with van der Waals surface area (Å²) < 4.78 is 7.44. The maximum atomic E-state index is 11.6. The van der Waals surface area contributed by atoms with Gasteiger partial charge in [-0.1, -0.05) is 6.42 Å². The Morgan fingerprint density at radius 2 is 2.16 bits per heavy atom. The van der Waals surface area contributed by atoms with Crippen LogP contribution in [0.4, 0.5) is 11.6 Å². The molecular formula is C23H28N6O3. The third kappa shape index (κ3) is 3.88. The van der Waals surface area contributed by atoms with Gasteiger partial charge in [-0.2, -0.15) is 10.1 Å². The lowest BCUT2D eigenvalue weighted by Gasteiger charge is -2.26. The van der Waals surface area contributed by atoms with E-state index >= 15 is 0 Å². The standard InChI is InChI=1S/C23H28N6O3/c1-28-7-6-14-9-20(32-2)19(8-16(14)12-28)26-23-24-10-17-11-25-29(21(17)27-23)13-15-4-3-5-18(15)22(30)31/h8-11,15,18H,3-7,12-13H2,1-2H3,(H,30,31)(H,24,26,27)/t15-,18+/m1/s1. The van der Waals surface area contributed by atoms with Crippen LogP contribution < -0.4 is 10.1 Å². The van der Waals surface area contributed by atoms with E-state index in [2.05, 4.69) is 39.5 Å². The Balaban J connectivity index is 1.43. The zero-order valence-electron chi connectivity index (χ0n) is 18.4. The number of methoxy groups -OCH3 is 1. The fourth-order valence-corrected chi connectivity index (χ4v) is 4.98. The first-order chi connectivity index (χ1) is 15.5. The Labute approximate surface area is 186 Å². The van der Waals surface area contributed by atoms with Crippen LogP contribution in [-0.2, 0) is 24.3 Å². The SMILES string of the molecule is COc1cc2c(cc1Nc1ncc3cnn(C[C@H]4CCC[C@@H]4C(=O)O)c3n1)CN(C)CC2. The number of ether oxygens (including phenoxy) is 1. The lowest BCUT2D eigenvalue weighted by atomic mass is 9.96. The number of benzene rings is 1. The number of nitrogens with zero attached hydrogens (tertiary/aromatic N) is 5. The smallest absolute Gasteiger partial charge is 0.306 e. The molecule has 1 aliphatic carbocycles. The van der Waals surface area contributed by atoms with Crippen LogP contribution >= 0.6 is 0 Å². The van der Waals surface area contributed by atoms with Gasteiger partial charge >= 0.3 is 5.97 Å². The summed E-state index contributed by atoms with van der Waals surface area (Å²) in [5, 5.41) is 18.1. The molecule has 0 amide bonds. The Hall–Kier alpha value is -3.20. The van der Waals surface area contributed by atoms with E-state index in [-0.39, 0.29) is 11.8 Å². The number of carboxylic acids is 1. The minimum Gasteiger partial charge on any atom is -0.495 e. The van der Waals surface area contributed by atoms with Crippen LogP contribution in [-0.4, -0.2) is 56.4 Å². The van der Waals surface area contributed by atoms with E-state index in [1.54, 1.807) is 19.5 Å². The number of hydrogen-bond acceptors (Lipinski definition) is 7. The molecule has 0 saturated heterocycles. The van der Waals surface area contributed by atoms with Crippen LogP contribution in [0.15, 0.2) is 24.5 Å². The van der Waals surface area contributed by atoms with Crippen molar-refractivity contribution in [3.05, 3.63) is 35.7 Å². The average Bonchev–Trinajstić information content (AvgIpc) is 3.41. The van der Waals surface area contributed by atoms with Gasteiger partial charge in [0.2, 0.25) is 5.95 Å². The highest BCUT2D eigenvalue weighted by atomic mass is 16.5. The first-order valence-electron chi connectivity index (χ1n) is 11.1. The molecule has 2 aromatic heterocycles. The van der Waals surface area contributed by atoms with Gasteiger partial charge in [0.05, 0.1) is 30.3 Å². The molecular weight excluding hydrogens is 408 g/mol. The van der Waals surface area contributed by atoms with E-state index < -0.39 is 5.97 Å². The number of carboxylic acid groups (broad SMARTS) is 1. The second kappa shape index (κ2) is 8.38. The molecule has 1 aliphatic heterocycles. The van der Waals surface area contributed by atoms with Crippen molar-refractivity contribution in [3.63, 3.8) is 0 Å². The van der Waals surface area contributed by atoms with Crippen molar-refractivity contribution in [2.75, 3.05) is 26.0 Å². The molecule has 2 N–H and O–H groups in total. The van der Waals surface area contributed by atoms with Crippen molar-refractivity contribution < 1.29 is 14.6 Å². The highest BCUT2D eigenvalue weighted by Gasteiger charge is 2.33. The van der Waals surface area contributed by atoms with E-state index in [1.165, 1.54) is 11.1 Å². The van der Waals surface area contributed by atoms with Crippen molar-refractivity contribution in [1.82, 2.24) is 24.6 Å². The molecule has 0 radical (unpaired) electrons. The second-order valence-corrected chi connectivity index (χ2v) is 8.87. The van der Waals surface area contributed by atoms with Crippen molar-refractivity contribution in [3.8, 4) is 5.75 Å². The monoisotopic (exact) mass is 436 g/mol. The number of anilines is 2. The molecule has 3 heterocycles. The van der Waals surface area contributed by atoms with Gasteiger partial charge in [-0.25, -0.2) is 9.67 Å². The molecule has 2 aliphatic rings. The summed E-state index contributed by atoms with van der Waals surface area (Å²) in [7, 11) is 3.79. The number of nitrogens with one attached hydrogen (secondary N) is 1. The molecule has 0 spiro atoms. The van der Waals surface area contributed by atoms with Gasteiger partial charge in [0.1, 0.15) is 5.75 Å². The van der Waals surface area contributed by atoms with Gasteiger partial charge in [-0.05, 0) is 55.5 Å². The van der Waals surface area contributed by atoms with E-state index in [1.807, 2.05) is 4.68 Å². The third-order valence-electron chi connectivity index (χ3n) is 6.73. The largest absolute Gasteiger partial charge is 0.495 e. The molecule has 0 unspecified atom stereocenters. The molecule has 1 saturated carbocycles. The zero-order chi connectivity index (χ0) is 22.2. The molecule has 1 aromatic carbocycles. The maximum Gasteiger partial charge on any atom is 0.306 e. The summed E-state index contributed by atoms with van der Waals surface area (Å²) in [6, 6.07) is 4.21. The molecule has 9 nitrogen and oxygen atoms in total. The fourth-order valence-electron chi connectivity index (χ4n) is 4.98. The minimum atomic E-state index is -0.717. The number of hydrogen-bond donors (Lipinski definition) is 2. The van der Waals surface area contributed by atoms with E-state index in [9.17, 15) is 9.90 Å². The Morgan fingerprint density at radius 1 is 1.28 bits per heavy atom. The van der Waals surface area contributed by atoms with E-state index in [0.29, 0.717) is 18.1 Å². The van der Waals surface area contributed by atoms with Crippen molar-refractivity contribution in [1.29, 1.82) is 0 Å². The lowest BCUT2D eigenvalue weighted by molar-refractivity contribution is -0.143. The maximum absolute atomic E-state index is 11.6. The average molecular weight is 437 g/mol. The van der Waals surface area contributed by atoms with Crippen molar-refractivity contribution in [2.24, 2.45) is 11.8 Å². The van der Waals surface area contributed by atoms with Crippen LogP contribution in [0.2, 0.25) is 0 Å². The second-order valence-electron chi connectivity index (χ2n) is 8.87. The third-order valence-corrected chi connectivity index (χ3v) is 6.73. The van der Waals surface area contributed by atoms with Gasteiger partial charge in [-0.3, -0.25) is 4.79 Å². The zero-order valence-corrected chi connectivity index (χ0v) is 18.4. The summed E-state index contributed by atoms with van der Waals surface area (Å²) in [6.45, 7) is 2.48. The molecule has 5 rings (SSSR count). The van der Waals surface area contributed by atoms with Gasteiger partial charge in [0.15, 0.2) is 5.65 Å². The van der Waals surface area contributed by atoms with Gasteiger partial charge in [0.25, 0.3) is 0 Å². The Bertz CT molecular complexity index is 1160. The molecule has 0 bridgehead atoms. The highest BCUT2D eigenvalue weighted by molar-refractivity contribution is 5.76. The van der Waals surface area contributed by atoms with Crippen LogP contribution in [0, 0.1) is 11.8 Å². The number of likely N-dealkylation sites (N-methyl/N-ethyl adjacent to an activating group) is 1. The van der Waals surface area contributed by atoms with Crippen LogP contribution in [0.3, 0.4) is 0 Å². The predicted molar refractivity (Wildman–Crippen MR) is 120 cm³/mol. The summed E-state index contributed by atoms with van der Waals surface area (Å²) >= 11 is 0. The van der Waals surface area contributed by atoms with Crippen LogP contribution in [0.25, 0.3) is 11.0 Å². The molecule has 1 fully saturated rings. The summed E-state index contributed by atoms with van der Waals surface area (Å²) in [5.74, 6) is 0.265. The highest BCUT2D eigenvalue weighted by Crippen LogP contribution is 2.35. The molecule has 168 valence electrons. The molecule has 9 heteroatoms. The number of rotatable bonds is 6. The van der Waals surface area contributed by atoms with E-state index in [0.717, 1.165) is 55.6 Å². The van der Waals surface area contributed by atoms with Crippen molar-refractivity contribution in [2.45, 2.75) is 38.8 Å². The predicted octanol–water partition coefficient (Wildman–Crippen LogP) is 3.07. The molecule has 2 atom stereocenters. The normalized spacial score (nSPS) is 20.9. The van der Waals surface area contributed by atoms with Crippen LogP contribution in [0.5, 0.6) is 5.75 Å². The number of aromatic nitrogens is 4. The topological polar surface area (TPSA) is 105 Å². The Morgan fingerprint density at radius 3 is 2.97 bits per heavy atom. The summed E-state index contributed by atoms with van der Waals surface area (Å²) in [5.41, 5.74) is 4.11. The number of aliphatic carboxylic acids is 1. The first-order valence-corrected chi connectivity index (χ1v) is 11.1. The van der Waals surface area contributed by atoms with E-state index in [4.69, 9.17) is 9.72 Å². The number of carbonyl (C=O) groups is 1. The number of fused-ring (bicyclic) bond motifs is 2. The van der Waals surface area contributed by atoms with Crippen molar-refractivity contribution >= 4 is 28.6 Å². The van der Waals surface area contributed by atoms with Gasteiger partial charge in [-0.15, -0.1) is 0 Å².